The lowest BCUT2D eigenvalue weighted by atomic mass is 9.98. The molecule has 98 valence electrons. The van der Waals surface area contributed by atoms with Crippen molar-refractivity contribution in [1.82, 2.24) is 5.32 Å². The first-order valence-electron chi connectivity index (χ1n) is 5.55. The fourth-order valence-electron chi connectivity index (χ4n) is 1.96. The average molecular weight is 259 g/mol. The second-order valence-electron chi connectivity index (χ2n) is 4.22. The van der Waals surface area contributed by atoms with Crippen molar-refractivity contribution in [3.63, 3.8) is 0 Å². The van der Waals surface area contributed by atoms with Gasteiger partial charge in [-0.15, -0.1) is 0 Å². The molecule has 2 rings (SSSR count). The number of halogens is 3. The van der Waals surface area contributed by atoms with Crippen LogP contribution < -0.4 is 5.32 Å². The first-order chi connectivity index (χ1) is 8.39. The number of fused-ring (bicyclic) bond motifs is 1. The number of aliphatic hydroxyl groups is 1. The van der Waals surface area contributed by atoms with Gasteiger partial charge in [-0.3, -0.25) is 4.79 Å². The van der Waals surface area contributed by atoms with Crippen LogP contribution in [0.4, 0.5) is 13.2 Å². The second kappa shape index (κ2) is 4.61. The normalized spacial score (nSPS) is 17.7. The third-order valence-corrected chi connectivity index (χ3v) is 2.91. The number of rotatable bonds is 1. The molecule has 0 aliphatic carbocycles. The van der Waals surface area contributed by atoms with Gasteiger partial charge in [0.15, 0.2) is 6.10 Å². The lowest BCUT2D eigenvalue weighted by Crippen LogP contribution is -2.24. The largest absolute Gasteiger partial charge is 0.418 e. The van der Waals surface area contributed by atoms with Crippen molar-refractivity contribution in [3.05, 3.63) is 34.9 Å². The first-order valence-corrected chi connectivity index (χ1v) is 5.55. The van der Waals surface area contributed by atoms with E-state index in [0.29, 0.717) is 18.5 Å². The van der Waals surface area contributed by atoms with Gasteiger partial charge in [-0.05, 0) is 30.0 Å². The van der Waals surface area contributed by atoms with Crippen LogP contribution in [0.25, 0.3) is 0 Å². The minimum Gasteiger partial charge on any atom is -0.379 e. The zero-order valence-electron chi connectivity index (χ0n) is 9.42. The van der Waals surface area contributed by atoms with Gasteiger partial charge in [0, 0.05) is 12.1 Å². The summed E-state index contributed by atoms with van der Waals surface area (Å²) in [7, 11) is 0. The van der Waals surface area contributed by atoms with Crippen LogP contribution >= 0.6 is 0 Å². The Morgan fingerprint density at radius 1 is 1.33 bits per heavy atom. The van der Waals surface area contributed by atoms with Crippen molar-refractivity contribution < 1.29 is 23.1 Å². The molecule has 3 nitrogen and oxygen atoms in total. The van der Waals surface area contributed by atoms with Crippen molar-refractivity contribution in [2.24, 2.45) is 0 Å². The summed E-state index contributed by atoms with van der Waals surface area (Å²) >= 11 is 0. The average Bonchev–Trinajstić information content (AvgIpc) is 2.49. The summed E-state index contributed by atoms with van der Waals surface area (Å²) in [5.41, 5.74) is 0.620. The summed E-state index contributed by atoms with van der Waals surface area (Å²) < 4.78 is 37.2. The van der Waals surface area contributed by atoms with Crippen LogP contribution in [0.1, 0.15) is 34.0 Å². The quantitative estimate of drug-likeness (QED) is 0.810. The van der Waals surface area contributed by atoms with E-state index < -0.39 is 18.2 Å². The van der Waals surface area contributed by atoms with Gasteiger partial charge in [0.2, 0.25) is 0 Å². The molecule has 0 radical (unpaired) electrons. The summed E-state index contributed by atoms with van der Waals surface area (Å²) in [6.07, 6.45) is -5.90. The SMILES string of the molecule is O=C1NCCCc2ccc(C(O)C(F)(F)F)cc21. The van der Waals surface area contributed by atoms with E-state index in [1.807, 2.05) is 0 Å². The predicted molar refractivity (Wildman–Crippen MR) is 58.1 cm³/mol. The Morgan fingerprint density at radius 2 is 2.06 bits per heavy atom. The maximum absolute atomic E-state index is 12.4. The molecule has 6 heteroatoms. The van der Waals surface area contributed by atoms with Crippen molar-refractivity contribution >= 4 is 5.91 Å². The number of aliphatic hydroxyl groups excluding tert-OH is 1. The molecule has 0 saturated heterocycles. The Bertz CT molecular complexity index is 471. The fourth-order valence-corrected chi connectivity index (χ4v) is 1.96. The highest BCUT2D eigenvalue weighted by Gasteiger charge is 2.39. The van der Waals surface area contributed by atoms with E-state index in [9.17, 15) is 18.0 Å². The Hall–Kier alpha value is -1.56. The minimum atomic E-state index is -4.73. The molecule has 0 spiro atoms. The van der Waals surface area contributed by atoms with Crippen molar-refractivity contribution in [2.75, 3.05) is 6.54 Å². The van der Waals surface area contributed by atoms with Gasteiger partial charge in [-0.25, -0.2) is 0 Å². The van der Waals surface area contributed by atoms with Gasteiger partial charge in [0.1, 0.15) is 0 Å². The van der Waals surface area contributed by atoms with Gasteiger partial charge in [-0.1, -0.05) is 12.1 Å². The molecular formula is C12H12F3NO2. The Labute approximate surface area is 102 Å². The highest BCUT2D eigenvalue weighted by Crippen LogP contribution is 2.33. The number of benzene rings is 1. The van der Waals surface area contributed by atoms with Crippen LogP contribution in [0.2, 0.25) is 0 Å². The zero-order chi connectivity index (χ0) is 13.3. The third kappa shape index (κ3) is 2.48. The summed E-state index contributed by atoms with van der Waals surface area (Å²) in [5, 5.41) is 11.8. The molecule has 0 aromatic heterocycles. The van der Waals surface area contributed by atoms with E-state index in [-0.39, 0.29) is 11.1 Å². The summed E-state index contributed by atoms with van der Waals surface area (Å²) in [6.45, 7) is 0.505. The van der Waals surface area contributed by atoms with E-state index in [0.717, 1.165) is 12.5 Å². The standard InChI is InChI=1S/C12H12F3NO2/c13-12(14,15)10(17)8-4-3-7-2-1-5-16-11(18)9(7)6-8/h3-4,6,10,17H,1-2,5H2,(H,16,18). The number of carbonyl (C=O) groups excluding carboxylic acids is 1. The Balaban J connectivity index is 2.40. The Kier molecular flexibility index (Phi) is 3.30. The predicted octanol–water partition coefficient (Wildman–Crippen LogP) is 1.96. The Morgan fingerprint density at radius 3 is 2.72 bits per heavy atom. The topological polar surface area (TPSA) is 49.3 Å². The number of alkyl halides is 3. The number of amides is 1. The summed E-state index contributed by atoms with van der Waals surface area (Å²) in [6, 6.07) is 3.81. The summed E-state index contributed by atoms with van der Waals surface area (Å²) in [5.74, 6) is -0.390. The van der Waals surface area contributed by atoms with Gasteiger partial charge in [0.25, 0.3) is 5.91 Å². The van der Waals surface area contributed by atoms with Crippen molar-refractivity contribution in [2.45, 2.75) is 25.1 Å². The second-order valence-corrected chi connectivity index (χ2v) is 4.22. The molecule has 18 heavy (non-hydrogen) atoms. The smallest absolute Gasteiger partial charge is 0.379 e. The highest BCUT2D eigenvalue weighted by atomic mass is 19.4. The van der Waals surface area contributed by atoms with Crippen molar-refractivity contribution in [1.29, 1.82) is 0 Å². The molecule has 1 aliphatic heterocycles. The van der Waals surface area contributed by atoms with E-state index in [1.165, 1.54) is 12.1 Å². The van der Waals surface area contributed by atoms with Gasteiger partial charge in [0.05, 0.1) is 0 Å². The van der Waals surface area contributed by atoms with Gasteiger partial charge >= 0.3 is 6.18 Å². The highest BCUT2D eigenvalue weighted by molar-refractivity contribution is 5.96. The molecule has 1 atom stereocenters. The molecular weight excluding hydrogens is 247 g/mol. The third-order valence-electron chi connectivity index (χ3n) is 2.91. The van der Waals surface area contributed by atoms with Crippen LogP contribution in [0.3, 0.4) is 0 Å². The van der Waals surface area contributed by atoms with E-state index in [2.05, 4.69) is 5.32 Å². The maximum atomic E-state index is 12.4. The summed E-state index contributed by atoms with van der Waals surface area (Å²) in [4.78, 5) is 11.7. The van der Waals surface area contributed by atoms with Crippen LogP contribution in [-0.2, 0) is 6.42 Å². The molecule has 1 aromatic rings. The molecule has 1 aromatic carbocycles. The molecule has 1 amide bonds. The molecule has 0 fully saturated rings. The minimum absolute atomic E-state index is 0.216. The van der Waals surface area contributed by atoms with Crippen molar-refractivity contribution in [3.8, 4) is 0 Å². The number of hydrogen-bond donors (Lipinski definition) is 2. The molecule has 2 N–H and O–H groups in total. The van der Waals surface area contributed by atoms with Gasteiger partial charge < -0.3 is 10.4 Å². The number of carbonyl (C=O) groups is 1. The maximum Gasteiger partial charge on any atom is 0.418 e. The van der Waals surface area contributed by atoms with Crippen LogP contribution in [0.5, 0.6) is 0 Å². The first kappa shape index (κ1) is 12.9. The molecule has 0 bridgehead atoms. The lowest BCUT2D eigenvalue weighted by Gasteiger charge is -2.16. The van der Waals surface area contributed by atoms with E-state index in [4.69, 9.17) is 5.11 Å². The fraction of sp³-hybridized carbons (Fsp3) is 0.417. The monoisotopic (exact) mass is 259 g/mol. The molecule has 1 unspecified atom stereocenters. The zero-order valence-corrected chi connectivity index (χ0v) is 9.42. The molecule has 0 saturated carbocycles. The van der Waals surface area contributed by atoms with Gasteiger partial charge in [-0.2, -0.15) is 13.2 Å². The van der Waals surface area contributed by atoms with Crippen LogP contribution in [-0.4, -0.2) is 23.7 Å². The number of nitrogens with one attached hydrogen (secondary N) is 1. The molecule has 1 aliphatic rings. The van der Waals surface area contributed by atoms with E-state index in [1.54, 1.807) is 0 Å². The van der Waals surface area contributed by atoms with E-state index >= 15 is 0 Å². The number of aryl methyl sites for hydroxylation is 1. The molecule has 1 heterocycles. The lowest BCUT2D eigenvalue weighted by molar-refractivity contribution is -0.206. The number of hydrogen-bond acceptors (Lipinski definition) is 2. The van der Waals surface area contributed by atoms with Crippen LogP contribution in [0, 0.1) is 0 Å². The van der Waals surface area contributed by atoms with Crippen LogP contribution in [0.15, 0.2) is 18.2 Å².